The number of thioether (sulfide) groups is 1. The molecule has 148 valence electrons. The van der Waals surface area contributed by atoms with Gasteiger partial charge in [-0.2, -0.15) is 11.8 Å². The van der Waals surface area contributed by atoms with Crippen molar-refractivity contribution < 1.29 is 4.74 Å². The molecule has 0 saturated heterocycles. The van der Waals surface area contributed by atoms with Gasteiger partial charge in [-0.15, -0.1) is 0 Å². The molecule has 28 heavy (non-hydrogen) atoms. The third-order valence-corrected chi connectivity index (χ3v) is 5.19. The van der Waals surface area contributed by atoms with Gasteiger partial charge in [0.25, 0.3) is 5.56 Å². The van der Waals surface area contributed by atoms with Gasteiger partial charge in [-0.3, -0.25) is 14.4 Å². The fourth-order valence-electron chi connectivity index (χ4n) is 2.57. The van der Waals surface area contributed by atoms with E-state index in [1.54, 1.807) is 43.0 Å². The summed E-state index contributed by atoms with van der Waals surface area (Å²) >= 11 is 5.02. The standard InChI is InChI=1S/C20H23BrN4O2S/c1-22-11-17(21)19(23-2)10-18-16(12-28-4)20(26)25(13-24-18)14-6-5-7-15(27-3)9-8-14/h6-11,13,23H,1,5,12H2,2-4H3/b17-11+,19-10-. The van der Waals surface area contributed by atoms with E-state index in [2.05, 4.69) is 37.9 Å². The second-order valence-corrected chi connectivity index (χ2v) is 7.41. The van der Waals surface area contributed by atoms with Gasteiger partial charge in [0, 0.05) is 24.7 Å². The normalized spacial score (nSPS) is 14.9. The second-order valence-electron chi connectivity index (χ2n) is 5.69. The molecule has 0 saturated carbocycles. The van der Waals surface area contributed by atoms with Crippen molar-refractivity contribution in [2.75, 3.05) is 20.4 Å². The first-order valence-corrected chi connectivity index (χ1v) is 10.7. The van der Waals surface area contributed by atoms with Crippen LogP contribution in [-0.4, -0.2) is 36.7 Å². The van der Waals surface area contributed by atoms with E-state index in [9.17, 15) is 4.79 Å². The molecule has 1 N–H and O–H groups in total. The molecule has 0 aromatic carbocycles. The van der Waals surface area contributed by atoms with E-state index >= 15 is 0 Å². The zero-order valence-corrected chi connectivity index (χ0v) is 18.5. The highest BCUT2D eigenvalue weighted by Gasteiger charge is 2.13. The lowest BCUT2D eigenvalue weighted by Gasteiger charge is -2.12. The molecular formula is C20H23BrN4O2S. The van der Waals surface area contributed by atoms with Crippen LogP contribution in [0.1, 0.15) is 17.7 Å². The number of halogens is 1. The van der Waals surface area contributed by atoms with Gasteiger partial charge in [0.15, 0.2) is 0 Å². The van der Waals surface area contributed by atoms with Gasteiger partial charge in [0.2, 0.25) is 0 Å². The average Bonchev–Trinajstić information content (AvgIpc) is 2.94. The number of aliphatic imine (C=N–C) groups is 1. The van der Waals surface area contributed by atoms with Crippen molar-refractivity contribution >= 4 is 46.2 Å². The summed E-state index contributed by atoms with van der Waals surface area (Å²) in [5, 5.41) is 3.08. The summed E-state index contributed by atoms with van der Waals surface area (Å²) < 4.78 is 7.55. The van der Waals surface area contributed by atoms with E-state index in [1.165, 1.54) is 0 Å². The van der Waals surface area contributed by atoms with E-state index in [0.717, 1.165) is 21.6 Å². The Balaban J connectivity index is 2.54. The molecule has 0 aliphatic heterocycles. The lowest BCUT2D eigenvalue weighted by Crippen LogP contribution is -2.24. The maximum absolute atomic E-state index is 13.2. The van der Waals surface area contributed by atoms with E-state index in [4.69, 9.17) is 4.74 Å². The molecule has 1 aliphatic carbocycles. The van der Waals surface area contributed by atoms with Crippen molar-refractivity contribution in [3.8, 4) is 0 Å². The summed E-state index contributed by atoms with van der Waals surface area (Å²) in [5.41, 5.74) is 2.67. The van der Waals surface area contributed by atoms with E-state index in [1.807, 2.05) is 36.6 Å². The molecule has 6 nitrogen and oxygen atoms in total. The topological polar surface area (TPSA) is 68.5 Å². The monoisotopic (exact) mass is 462 g/mol. The number of methoxy groups -OCH3 is 1. The van der Waals surface area contributed by atoms with Crippen molar-refractivity contribution in [1.82, 2.24) is 14.9 Å². The van der Waals surface area contributed by atoms with Crippen LogP contribution in [0, 0.1) is 0 Å². The predicted octanol–water partition coefficient (Wildman–Crippen LogP) is 3.93. The van der Waals surface area contributed by atoms with Crippen LogP contribution in [-0.2, 0) is 10.5 Å². The largest absolute Gasteiger partial charge is 0.497 e. The molecule has 0 unspecified atom stereocenters. The predicted molar refractivity (Wildman–Crippen MR) is 122 cm³/mol. The minimum atomic E-state index is -0.0928. The Kier molecular flexibility index (Phi) is 8.53. The quantitative estimate of drug-likeness (QED) is 0.468. The number of ether oxygens (including phenoxy) is 1. The van der Waals surface area contributed by atoms with Gasteiger partial charge in [-0.1, -0.05) is 6.08 Å². The first kappa shape index (κ1) is 22.0. The number of nitrogens with one attached hydrogen (secondary N) is 1. The van der Waals surface area contributed by atoms with Crippen LogP contribution in [0.5, 0.6) is 0 Å². The summed E-state index contributed by atoms with van der Waals surface area (Å²) in [5.74, 6) is 1.32. The van der Waals surface area contributed by atoms with Gasteiger partial charge in [0.05, 0.1) is 28.5 Å². The Morgan fingerprint density at radius 3 is 2.93 bits per heavy atom. The molecule has 0 atom stereocenters. The van der Waals surface area contributed by atoms with Crippen LogP contribution in [0.4, 0.5) is 0 Å². The van der Waals surface area contributed by atoms with Crippen LogP contribution in [0.3, 0.4) is 0 Å². The number of allylic oxidation sites excluding steroid dienone is 6. The third-order valence-electron chi connectivity index (χ3n) is 3.98. The molecule has 1 heterocycles. The fourth-order valence-corrected chi connectivity index (χ4v) is 3.59. The van der Waals surface area contributed by atoms with Crippen LogP contribution >= 0.6 is 27.7 Å². The first-order chi connectivity index (χ1) is 13.5. The van der Waals surface area contributed by atoms with Crippen LogP contribution in [0.25, 0.3) is 11.8 Å². The Labute approximate surface area is 177 Å². The van der Waals surface area contributed by atoms with Crippen LogP contribution in [0.15, 0.2) is 62.6 Å². The number of likely N-dealkylation sites (N-methyl/N-ethyl adjacent to an activating group) is 1. The Bertz CT molecular complexity index is 942. The van der Waals surface area contributed by atoms with Gasteiger partial charge in [-0.25, -0.2) is 4.98 Å². The summed E-state index contributed by atoms with van der Waals surface area (Å²) in [4.78, 5) is 21.5. The fraction of sp³-hybridized carbons (Fsp3) is 0.250. The Hall–Kier alpha value is -2.32. The lowest BCUT2D eigenvalue weighted by molar-refractivity contribution is 0.306. The lowest BCUT2D eigenvalue weighted by atomic mass is 10.2. The molecule has 1 aromatic heterocycles. The van der Waals surface area contributed by atoms with Gasteiger partial charge in [0.1, 0.15) is 12.1 Å². The molecule has 0 amide bonds. The van der Waals surface area contributed by atoms with Crippen LogP contribution < -0.4 is 10.9 Å². The smallest absolute Gasteiger partial charge is 0.262 e. The summed E-state index contributed by atoms with van der Waals surface area (Å²) in [6.45, 7) is 3.46. The zero-order chi connectivity index (χ0) is 20.5. The molecular weight excluding hydrogens is 440 g/mol. The molecule has 1 aliphatic rings. The number of rotatable bonds is 8. The summed E-state index contributed by atoms with van der Waals surface area (Å²) in [7, 11) is 3.42. The maximum atomic E-state index is 13.2. The number of hydrogen-bond donors (Lipinski definition) is 1. The second kappa shape index (κ2) is 10.9. The van der Waals surface area contributed by atoms with Gasteiger partial charge >= 0.3 is 0 Å². The van der Waals surface area contributed by atoms with Crippen molar-refractivity contribution in [3.63, 3.8) is 0 Å². The minimum Gasteiger partial charge on any atom is -0.497 e. The molecule has 0 fully saturated rings. The van der Waals surface area contributed by atoms with E-state index in [0.29, 0.717) is 23.4 Å². The summed E-state index contributed by atoms with van der Waals surface area (Å²) in [6, 6.07) is 0. The molecule has 8 heteroatoms. The SMILES string of the molecule is C=N/C=C(Br)\C(=C\c1ncn(C2=CCC=C(OC)C=C2)c(=O)c1CSC)NC. The van der Waals surface area contributed by atoms with Gasteiger partial charge < -0.3 is 10.1 Å². The minimum absolute atomic E-state index is 0.0928. The third kappa shape index (κ3) is 5.36. The molecule has 0 bridgehead atoms. The molecule has 2 rings (SSSR count). The van der Waals surface area contributed by atoms with Crippen molar-refractivity contribution in [1.29, 1.82) is 0 Å². The number of nitrogens with zero attached hydrogens (tertiary/aromatic N) is 3. The maximum Gasteiger partial charge on any atom is 0.262 e. The van der Waals surface area contributed by atoms with E-state index in [-0.39, 0.29) is 5.56 Å². The summed E-state index contributed by atoms with van der Waals surface area (Å²) in [6.07, 6.45) is 15.2. The number of aromatic nitrogens is 2. The Morgan fingerprint density at radius 1 is 1.50 bits per heavy atom. The first-order valence-electron chi connectivity index (χ1n) is 8.49. The molecule has 0 spiro atoms. The Morgan fingerprint density at radius 2 is 2.29 bits per heavy atom. The highest BCUT2D eigenvalue weighted by Crippen LogP contribution is 2.20. The highest BCUT2D eigenvalue weighted by molar-refractivity contribution is 9.12. The average molecular weight is 463 g/mol. The van der Waals surface area contributed by atoms with Crippen molar-refractivity contribution in [2.24, 2.45) is 4.99 Å². The number of hydrogen-bond acceptors (Lipinski definition) is 6. The van der Waals surface area contributed by atoms with E-state index < -0.39 is 0 Å². The van der Waals surface area contributed by atoms with Crippen molar-refractivity contribution in [3.05, 3.63) is 74.4 Å². The molecule has 1 aromatic rings. The van der Waals surface area contributed by atoms with Crippen LogP contribution in [0.2, 0.25) is 0 Å². The van der Waals surface area contributed by atoms with Crippen molar-refractivity contribution in [2.45, 2.75) is 12.2 Å². The molecule has 0 radical (unpaired) electrons. The van der Waals surface area contributed by atoms with Gasteiger partial charge in [-0.05, 0) is 59.6 Å². The zero-order valence-electron chi connectivity index (χ0n) is 16.1. The highest BCUT2D eigenvalue weighted by atomic mass is 79.9.